The number of rotatable bonds is 1. The monoisotopic (exact) mass is 225 g/mol. The number of hydrogen-bond donors (Lipinski definition) is 1. The first kappa shape index (κ1) is 11.4. The molecule has 0 saturated carbocycles. The van der Waals surface area contributed by atoms with Crippen molar-refractivity contribution in [3.63, 3.8) is 0 Å². The molecule has 2 heterocycles. The zero-order valence-electron chi connectivity index (χ0n) is 9.69. The summed E-state index contributed by atoms with van der Waals surface area (Å²) in [4.78, 5) is 24.9. The van der Waals surface area contributed by atoms with E-state index < -0.39 is 12.0 Å². The van der Waals surface area contributed by atoms with Gasteiger partial charge in [-0.05, 0) is 25.7 Å². The second kappa shape index (κ2) is 4.44. The normalized spacial score (nSPS) is 35.4. The number of nitrogens with zero attached hydrogens (tertiary/aromatic N) is 1. The van der Waals surface area contributed by atoms with Gasteiger partial charge in [-0.1, -0.05) is 19.8 Å². The van der Waals surface area contributed by atoms with Gasteiger partial charge in [-0.25, -0.2) is 4.79 Å². The predicted octanol–water partition coefficient (Wildman–Crippen LogP) is 1.64. The Morgan fingerprint density at radius 1 is 1.25 bits per heavy atom. The summed E-state index contributed by atoms with van der Waals surface area (Å²) in [7, 11) is 0. The highest BCUT2D eigenvalue weighted by molar-refractivity contribution is 5.85. The molecular formula is C12H19NO3. The lowest BCUT2D eigenvalue weighted by molar-refractivity contribution is -0.151. The van der Waals surface area contributed by atoms with Crippen molar-refractivity contribution < 1.29 is 14.7 Å². The minimum absolute atomic E-state index is 0.0113. The number of fused-ring (bicyclic) bond motifs is 1. The van der Waals surface area contributed by atoms with Gasteiger partial charge in [-0.15, -0.1) is 0 Å². The molecule has 1 N–H and O–H groups in total. The smallest absolute Gasteiger partial charge is 0.326 e. The highest BCUT2D eigenvalue weighted by Crippen LogP contribution is 2.32. The summed E-state index contributed by atoms with van der Waals surface area (Å²) in [5.74, 6) is -0.805. The van der Waals surface area contributed by atoms with Crippen LogP contribution in [0.25, 0.3) is 0 Å². The molecule has 1 amide bonds. The Bertz CT molecular complexity index is 303. The standard InChI is InChI=1S/C12H19NO3/c1-8-4-2-3-5-9-6-7-10(12(15)16)13(9)11(8)14/h8-10H,2-7H2,1H3,(H,15,16). The minimum atomic E-state index is -0.844. The SMILES string of the molecule is CC1CCCCC2CCC(C(=O)O)N2C1=O. The average Bonchev–Trinajstić information content (AvgIpc) is 2.64. The summed E-state index contributed by atoms with van der Waals surface area (Å²) < 4.78 is 0. The summed E-state index contributed by atoms with van der Waals surface area (Å²) in [6.45, 7) is 1.92. The van der Waals surface area contributed by atoms with Gasteiger partial charge >= 0.3 is 5.97 Å². The van der Waals surface area contributed by atoms with E-state index in [0.717, 1.165) is 32.1 Å². The van der Waals surface area contributed by atoms with Crippen molar-refractivity contribution in [3.8, 4) is 0 Å². The lowest BCUT2D eigenvalue weighted by Crippen LogP contribution is -2.47. The summed E-state index contributed by atoms with van der Waals surface area (Å²) in [6.07, 6.45) is 5.56. The lowest BCUT2D eigenvalue weighted by Gasteiger charge is -2.32. The van der Waals surface area contributed by atoms with Crippen LogP contribution in [0.1, 0.15) is 45.4 Å². The van der Waals surface area contributed by atoms with Gasteiger partial charge in [-0.2, -0.15) is 0 Å². The maximum absolute atomic E-state index is 12.2. The van der Waals surface area contributed by atoms with E-state index in [9.17, 15) is 9.59 Å². The van der Waals surface area contributed by atoms with Crippen LogP contribution in [0, 0.1) is 5.92 Å². The van der Waals surface area contributed by atoms with Crippen molar-refractivity contribution in [2.75, 3.05) is 0 Å². The van der Waals surface area contributed by atoms with Crippen molar-refractivity contribution in [2.24, 2.45) is 5.92 Å². The van der Waals surface area contributed by atoms with Crippen LogP contribution in [-0.2, 0) is 9.59 Å². The molecule has 4 heteroatoms. The fourth-order valence-electron chi connectivity index (χ4n) is 2.95. The largest absolute Gasteiger partial charge is 0.480 e. The van der Waals surface area contributed by atoms with Gasteiger partial charge in [0.25, 0.3) is 0 Å². The number of hydrogen-bond acceptors (Lipinski definition) is 2. The molecule has 16 heavy (non-hydrogen) atoms. The van der Waals surface area contributed by atoms with Crippen LogP contribution in [-0.4, -0.2) is 34.0 Å². The van der Waals surface area contributed by atoms with Crippen molar-refractivity contribution >= 4 is 11.9 Å². The molecule has 2 saturated heterocycles. The zero-order valence-corrected chi connectivity index (χ0v) is 9.69. The van der Waals surface area contributed by atoms with Gasteiger partial charge in [0.05, 0.1) is 0 Å². The molecule has 3 unspecified atom stereocenters. The van der Waals surface area contributed by atoms with Gasteiger partial charge in [0, 0.05) is 12.0 Å². The van der Waals surface area contributed by atoms with Crippen molar-refractivity contribution in [3.05, 3.63) is 0 Å². The molecule has 0 bridgehead atoms. The van der Waals surface area contributed by atoms with Crippen LogP contribution in [0.4, 0.5) is 0 Å². The quantitative estimate of drug-likeness (QED) is 0.738. The van der Waals surface area contributed by atoms with E-state index in [4.69, 9.17) is 5.11 Å². The molecule has 3 atom stereocenters. The second-order valence-electron chi connectivity index (χ2n) is 5.02. The first-order chi connectivity index (χ1) is 7.61. The molecule has 90 valence electrons. The van der Waals surface area contributed by atoms with Crippen LogP contribution in [0.15, 0.2) is 0 Å². The van der Waals surface area contributed by atoms with Gasteiger partial charge in [0.15, 0.2) is 0 Å². The van der Waals surface area contributed by atoms with Crippen molar-refractivity contribution in [1.29, 1.82) is 0 Å². The maximum Gasteiger partial charge on any atom is 0.326 e. The van der Waals surface area contributed by atoms with E-state index >= 15 is 0 Å². The third-order valence-electron chi connectivity index (χ3n) is 3.89. The van der Waals surface area contributed by atoms with E-state index in [1.807, 2.05) is 6.92 Å². The Hall–Kier alpha value is -1.06. The van der Waals surface area contributed by atoms with E-state index in [2.05, 4.69) is 0 Å². The number of aliphatic carboxylic acids is 1. The van der Waals surface area contributed by atoms with Crippen LogP contribution in [0.5, 0.6) is 0 Å². The van der Waals surface area contributed by atoms with Gasteiger partial charge < -0.3 is 10.0 Å². The molecular weight excluding hydrogens is 206 g/mol. The minimum Gasteiger partial charge on any atom is -0.480 e. The van der Waals surface area contributed by atoms with Gasteiger partial charge in [-0.3, -0.25) is 4.79 Å². The molecule has 0 aromatic heterocycles. The fraction of sp³-hybridized carbons (Fsp3) is 0.833. The number of carbonyl (C=O) groups excluding carboxylic acids is 1. The first-order valence-electron chi connectivity index (χ1n) is 6.16. The van der Waals surface area contributed by atoms with E-state index in [1.165, 1.54) is 0 Å². The molecule has 0 aliphatic carbocycles. The van der Waals surface area contributed by atoms with Crippen LogP contribution in [0.3, 0.4) is 0 Å². The third kappa shape index (κ3) is 1.93. The molecule has 2 aliphatic rings. The summed E-state index contributed by atoms with van der Waals surface area (Å²) in [5, 5.41) is 9.12. The first-order valence-corrected chi connectivity index (χ1v) is 6.16. The van der Waals surface area contributed by atoms with E-state index in [1.54, 1.807) is 4.90 Å². The Morgan fingerprint density at radius 2 is 1.94 bits per heavy atom. The Labute approximate surface area is 95.6 Å². The van der Waals surface area contributed by atoms with E-state index in [0.29, 0.717) is 6.42 Å². The number of carbonyl (C=O) groups is 2. The highest BCUT2D eigenvalue weighted by Gasteiger charge is 2.42. The molecule has 4 nitrogen and oxygen atoms in total. The Kier molecular flexibility index (Phi) is 3.17. The predicted molar refractivity (Wildman–Crippen MR) is 58.9 cm³/mol. The Morgan fingerprint density at radius 3 is 2.62 bits per heavy atom. The topological polar surface area (TPSA) is 57.6 Å². The third-order valence-corrected chi connectivity index (χ3v) is 3.89. The summed E-state index contributed by atoms with van der Waals surface area (Å²) >= 11 is 0. The maximum atomic E-state index is 12.2. The summed E-state index contributed by atoms with van der Waals surface area (Å²) in [6, 6.07) is -0.394. The van der Waals surface area contributed by atoms with Crippen LogP contribution in [0.2, 0.25) is 0 Å². The molecule has 0 radical (unpaired) electrons. The Balaban J connectivity index is 2.20. The molecule has 2 rings (SSSR count). The molecule has 0 spiro atoms. The van der Waals surface area contributed by atoms with Crippen LogP contribution < -0.4 is 0 Å². The average molecular weight is 225 g/mol. The van der Waals surface area contributed by atoms with Crippen molar-refractivity contribution in [2.45, 2.75) is 57.5 Å². The van der Waals surface area contributed by atoms with Crippen LogP contribution >= 0.6 is 0 Å². The zero-order chi connectivity index (χ0) is 11.7. The number of carboxylic acid groups (broad SMARTS) is 1. The summed E-state index contributed by atoms with van der Waals surface area (Å²) in [5.41, 5.74) is 0. The van der Waals surface area contributed by atoms with Gasteiger partial charge in [0.2, 0.25) is 5.91 Å². The van der Waals surface area contributed by atoms with Gasteiger partial charge in [0.1, 0.15) is 6.04 Å². The molecule has 2 fully saturated rings. The molecule has 2 aliphatic heterocycles. The highest BCUT2D eigenvalue weighted by atomic mass is 16.4. The number of amides is 1. The lowest BCUT2D eigenvalue weighted by atomic mass is 9.95. The van der Waals surface area contributed by atoms with Crippen molar-refractivity contribution in [1.82, 2.24) is 4.90 Å². The number of carboxylic acids is 1. The molecule has 0 aromatic rings. The second-order valence-corrected chi connectivity index (χ2v) is 5.02. The van der Waals surface area contributed by atoms with E-state index in [-0.39, 0.29) is 17.9 Å². The fourth-order valence-corrected chi connectivity index (χ4v) is 2.95. The molecule has 0 aromatic carbocycles.